The molecule has 4 bridgehead atoms. The summed E-state index contributed by atoms with van der Waals surface area (Å²) in [6.07, 6.45) is 53.0. The van der Waals surface area contributed by atoms with Crippen molar-refractivity contribution in [3.05, 3.63) is 86.5 Å². The second-order valence-corrected chi connectivity index (χ2v) is 27.5. The second kappa shape index (κ2) is 36.8. The van der Waals surface area contributed by atoms with Crippen LogP contribution < -0.4 is 5.11 Å². The van der Waals surface area contributed by atoms with Crippen molar-refractivity contribution < 1.29 is 9.90 Å². The Morgan fingerprint density at radius 1 is 0.351 bits per heavy atom. The van der Waals surface area contributed by atoms with Gasteiger partial charge >= 0.3 is 0 Å². The Bertz CT molecular complexity index is 1790. The van der Waals surface area contributed by atoms with E-state index in [9.17, 15) is 9.90 Å². The number of unbranched alkanes of at least 4 members (excludes halogenated alkanes) is 18. The number of hydrogen-bond acceptors (Lipinski definition) is 2. The van der Waals surface area contributed by atoms with Gasteiger partial charge in [0.2, 0.25) is 0 Å². The molecule has 0 atom stereocenters. The summed E-state index contributed by atoms with van der Waals surface area (Å²) < 4.78 is 0. The molecule has 0 radical (unpaired) electrons. The highest BCUT2D eigenvalue weighted by atomic mass is 32.2. The number of carboxylic acids is 1. The number of aliphatic carboxylic acids is 1. The quantitative estimate of drug-likeness (QED) is 0.0421. The van der Waals surface area contributed by atoms with Crippen LogP contribution in [0.25, 0.3) is 0 Å². The van der Waals surface area contributed by atoms with E-state index >= 15 is 0 Å². The molecule has 0 amide bonds. The van der Waals surface area contributed by atoms with Gasteiger partial charge in [-0.25, -0.2) is 0 Å². The van der Waals surface area contributed by atoms with Crippen LogP contribution in [0, 0.1) is 23.2 Å². The molecule has 77 heavy (non-hydrogen) atoms. The Balaban J connectivity index is 0.000000717. The van der Waals surface area contributed by atoms with Crippen molar-refractivity contribution in [1.82, 2.24) is 0 Å². The molecule has 0 spiro atoms. The van der Waals surface area contributed by atoms with Gasteiger partial charge in [-0.15, -0.1) is 0 Å². The number of hydrogen-bond donors (Lipinski definition) is 0. The van der Waals surface area contributed by atoms with Crippen LogP contribution in [0.5, 0.6) is 0 Å². The summed E-state index contributed by atoms with van der Waals surface area (Å²) in [5.74, 6) is 1.38. The van der Waals surface area contributed by atoms with Crippen molar-refractivity contribution in [2.45, 2.75) is 347 Å². The minimum absolute atomic E-state index is 0.163. The fourth-order valence-corrected chi connectivity index (χ4v) is 17.8. The predicted octanol–water partition coefficient (Wildman–Crippen LogP) is 21.3. The van der Waals surface area contributed by atoms with Crippen LogP contribution in [-0.2, 0) is 73.5 Å². The summed E-state index contributed by atoms with van der Waals surface area (Å²) in [4.78, 5) is 16.5. The van der Waals surface area contributed by atoms with Crippen molar-refractivity contribution in [3.63, 3.8) is 0 Å². The van der Waals surface area contributed by atoms with E-state index in [1.807, 2.05) is 0 Å². The summed E-state index contributed by atoms with van der Waals surface area (Å²) in [6, 6.07) is 16.8. The lowest BCUT2D eigenvalue weighted by molar-refractivity contribution is -0.327. The highest BCUT2D eigenvalue weighted by Crippen LogP contribution is 2.59. The minimum Gasteiger partial charge on any atom is -0.550 e. The highest BCUT2D eigenvalue weighted by molar-refractivity contribution is 7.97. The molecule has 4 saturated carbocycles. The zero-order chi connectivity index (χ0) is 55.3. The molecule has 4 aliphatic rings. The number of carboxylic acid groups (broad SMARTS) is 1. The maximum atomic E-state index is 11.1. The molecule has 4 fully saturated rings. The monoisotopic (exact) mass is 1070 g/mol. The van der Waals surface area contributed by atoms with Gasteiger partial charge in [-0.3, -0.25) is 0 Å². The van der Waals surface area contributed by atoms with E-state index < -0.39 is 11.4 Å². The van der Waals surface area contributed by atoms with Crippen molar-refractivity contribution in [1.29, 1.82) is 0 Å². The third-order valence-corrected chi connectivity index (χ3v) is 21.3. The molecule has 0 aromatic heterocycles. The summed E-state index contributed by atoms with van der Waals surface area (Å²) >= 11 is 0. The standard InChI is InChI=1S/C63H105S.C11H16O2/c1-10-19-28-37-52-46-55(40-31-22-13-4)61(56(47-52)41-32-23-14-5)64(62-57(42-33-24-15-6)48-53(38-29-20-11-2)49-58(62)43-34-25-16-7)63-59(44-35-26-17-8)50-54(39-30-21-12-3)51-60(63)45-36-27-18-9;12-10(13)11-4-7-1-8(5-11)3-9(2-7)6-11/h46-51H,10-45H2,1-9H3;7-9H,1-6H2,(H,12,13)/q+1;/p-1. The lowest BCUT2D eigenvalue weighted by Crippen LogP contribution is -2.54. The Labute approximate surface area is 480 Å². The van der Waals surface area contributed by atoms with Gasteiger partial charge in [0, 0.05) is 44.8 Å². The van der Waals surface area contributed by atoms with E-state index in [1.165, 1.54) is 250 Å². The molecule has 0 N–H and O–H groups in total. The fourth-order valence-electron chi connectivity index (χ4n) is 14.6. The molecule has 0 unspecified atom stereocenters. The first-order valence-electron chi connectivity index (χ1n) is 34.0. The average Bonchev–Trinajstić information content (AvgIpc) is 3.40. The van der Waals surface area contributed by atoms with Crippen molar-refractivity contribution in [3.8, 4) is 0 Å². The van der Waals surface area contributed by atoms with E-state index in [-0.39, 0.29) is 10.9 Å². The second-order valence-electron chi connectivity index (χ2n) is 25.6. The van der Waals surface area contributed by atoms with Crippen LogP contribution in [0.1, 0.15) is 324 Å². The Morgan fingerprint density at radius 2 is 0.545 bits per heavy atom. The maximum Gasteiger partial charge on any atom is 0.172 e. The number of carbonyl (C=O) groups is 1. The van der Waals surface area contributed by atoms with Crippen LogP contribution >= 0.6 is 0 Å². The van der Waals surface area contributed by atoms with Gasteiger partial charge in [-0.2, -0.15) is 0 Å². The van der Waals surface area contributed by atoms with E-state index in [1.54, 1.807) is 64.8 Å². The van der Waals surface area contributed by atoms with Gasteiger partial charge in [0.15, 0.2) is 14.7 Å². The smallest absolute Gasteiger partial charge is 0.172 e. The molecule has 0 aliphatic heterocycles. The van der Waals surface area contributed by atoms with Crippen LogP contribution in [0.2, 0.25) is 0 Å². The van der Waals surface area contributed by atoms with Crippen LogP contribution in [0.3, 0.4) is 0 Å². The zero-order valence-electron chi connectivity index (χ0n) is 52.1. The van der Waals surface area contributed by atoms with Gasteiger partial charge in [-0.1, -0.05) is 214 Å². The number of benzene rings is 3. The maximum absolute atomic E-state index is 11.1. The van der Waals surface area contributed by atoms with Crippen LogP contribution in [0.4, 0.5) is 0 Å². The summed E-state index contributed by atoms with van der Waals surface area (Å²) in [6.45, 7) is 21.6. The number of rotatable bonds is 40. The lowest BCUT2D eigenvalue weighted by atomic mass is 9.49. The first-order chi connectivity index (χ1) is 37.6. The molecular formula is C74H120O2S. The van der Waals surface area contributed by atoms with Gasteiger partial charge in [0.25, 0.3) is 0 Å². The molecule has 4 aliphatic carbocycles. The number of aryl methyl sites for hydroxylation is 9. The molecule has 3 heteroatoms. The topological polar surface area (TPSA) is 40.1 Å². The van der Waals surface area contributed by atoms with Gasteiger partial charge in [0.1, 0.15) is 10.9 Å². The SMILES string of the molecule is CCCCCc1cc(CCCCC)c([S+](c2c(CCCCC)cc(CCCCC)cc2CCCCC)c2c(CCCCC)cc(CCCCC)cc2CCCCC)c(CCCCC)c1.O=C([O-])C12CC3CC(CC(C3)C1)C2. The molecule has 0 heterocycles. The predicted molar refractivity (Wildman–Crippen MR) is 336 cm³/mol. The highest BCUT2D eigenvalue weighted by Gasteiger charge is 2.51. The normalized spacial score (nSPS) is 18.6. The number of carbonyl (C=O) groups excluding carboxylic acids is 1. The van der Waals surface area contributed by atoms with E-state index in [2.05, 4.69) is 98.7 Å². The van der Waals surface area contributed by atoms with Gasteiger partial charge in [-0.05, 0) is 189 Å². The molecule has 2 nitrogen and oxygen atoms in total. The van der Waals surface area contributed by atoms with Gasteiger partial charge in [0.05, 0.1) is 0 Å². The third kappa shape index (κ3) is 20.5. The van der Waals surface area contributed by atoms with Crippen molar-refractivity contribution in [2.24, 2.45) is 23.2 Å². The van der Waals surface area contributed by atoms with Crippen LogP contribution in [0.15, 0.2) is 51.1 Å². The Kier molecular flexibility index (Phi) is 31.2. The van der Waals surface area contributed by atoms with E-state index in [0.717, 1.165) is 19.3 Å². The minimum atomic E-state index is -0.758. The fraction of sp³-hybridized carbons (Fsp3) is 0.743. The molecule has 3 aromatic rings. The van der Waals surface area contributed by atoms with Crippen molar-refractivity contribution >= 4 is 16.9 Å². The summed E-state index contributed by atoms with van der Waals surface area (Å²) in [5.41, 5.74) is 14.9. The zero-order valence-corrected chi connectivity index (χ0v) is 52.9. The van der Waals surface area contributed by atoms with Crippen molar-refractivity contribution in [2.75, 3.05) is 0 Å². The molecule has 0 saturated heterocycles. The Hall–Kier alpha value is -2.52. The largest absolute Gasteiger partial charge is 0.550 e. The molecule has 3 aromatic carbocycles. The van der Waals surface area contributed by atoms with E-state index in [4.69, 9.17) is 0 Å². The first kappa shape index (κ1) is 65.3. The summed E-state index contributed by atoms with van der Waals surface area (Å²) in [5, 5.41) is 11.1. The molecule has 7 rings (SSSR count). The average molecular weight is 1070 g/mol. The van der Waals surface area contributed by atoms with Gasteiger partial charge < -0.3 is 9.90 Å². The third-order valence-electron chi connectivity index (χ3n) is 18.5. The first-order valence-corrected chi connectivity index (χ1v) is 35.2. The molecular weight excluding hydrogens is 953 g/mol. The molecule has 434 valence electrons. The van der Waals surface area contributed by atoms with E-state index in [0.29, 0.717) is 17.8 Å². The Morgan fingerprint density at radius 3 is 0.727 bits per heavy atom. The van der Waals surface area contributed by atoms with Crippen LogP contribution in [-0.4, -0.2) is 5.97 Å². The lowest BCUT2D eigenvalue weighted by Gasteiger charge is -2.57. The summed E-state index contributed by atoms with van der Waals surface area (Å²) in [7, 11) is -0.163.